The minimum absolute atomic E-state index is 0.0886. The number of carbonyl (C=O) groups excluding carboxylic acids is 3. The average molecular weight is 650 g/mol. The van der Waals surface area contributed by atoms with Crippen LogP contribution in [0.15, 0.2) is 60.8 Å². The zero-order chi connectivity index (χ0) is 33.5. The van der Waals surface area contributed by atoms with Crippen molar-refractivity contribution in [2.75, 3.05) is 29.9 Å². The highest BCUT2D eigenvalue weighted by atomic mass is 19.4. The first-order valence-electron chi connectivity index (χ1n) is 15.3. The van der Waals surface area contributed by atoms with Crippen LogP contribution in [0.4, 0.5) is 29.3 Å². The van der Waals surface area contributed by atoms with Crippen LogP contribution in [0.5, 0.6) is 0 Å². The van der Waals surface area contributed by atoms with Gasteiger partial charge < -0.3 is 10.4 Å². The van der Waals surface area contributed by atoms with Gasteiger partial charge in [-0.1, -0.05) is 24.3 Å². The van der Waals surface area contributed by atoms with Crippen molar-refractivity contribution >= 4 is 40.1 Å². The van der Waals surface area contributed by atoms with Crippen LogP contribution < -0.4 is 15.5 Å². The van der Waals surface area contributed by atoms with Crippen LogP contribution in [-0.2, 0) is 23.1 Å². The number of nitrogens with one attached hydrogen (secondary N) is 2. The number of imide groups is 1. The molecule has 4 heterocycles. The van der Waals surface area contributed by atoms with Gasteiger partial charge in [-0.3, -0.25) is 29.4 Å². The number of fused-ring (bicyclic) bond motifs is 1. The van der Waals surface area contributed by atoms with E-state index in [-0.39, 0.29) is 24.1 Å². The second-order valence-corrected chi connectivity index (χ2v) is 12.4. The maximum atomic E-state index is 13.2. The number of benzene rings is 2. The quantitative estimate of drug-likeness (QED) is 0.250. The fourth-order valence-corrected chi connectivity index (χ4v) is 6.08. The first-order valence-corrected chi connectivity index (χ1v) is 15.3. The lowest BCUT2D eigenvalue weighted by Gasteiger charge is -2.34. The van der Waals surface area contributed by atoms with Crippen LogP contribution in [0.2, 0.25) is 0 Å². The predicted molar refractivity (Wildman–Crippen MR) is 168 cm³/mol. The van der Waals surface area contributed by atoms with Gasteiger partial charge in [-0.25, -0.2) is 9.78 Å². The average Bonchev–Trinajstić information content (AvgIpc) is 3.44. The zero-order valence-corrected chi connectivity index (χ0v) is 25.8. The van der Waals surface area contributed by atoms with Gasteiger partial charge in [0.2, 0.25) is 5.91 Å². The summed E-state index contributed by atoms with van der Waals surface area (Å²) in [4.78, 5) is 44.5. The molecular weight excluding hydrogens is 615 g/mol. The Kier molecular flexibility index (Phi) is 8.49. The number of nitrogens with zero attached hydrogens (tertiary/aromatic N) is 5. The van der Waals surface area contributed by atoms with Crippen LogP contribution in [0.25, 0.3) is 10.9 Å². The number of likely N-dealkylation sites (tertiary alicyclic amines) is 1. The Labute approximate surface area is 268 Å². The summed E-state index contributed by atoms with van der Waals surface area (Å²) in [5.74, 6) is -1.11. The first kappa shape index (κ1) is 32.1. The number of amides is 4. The summed E-state index contributed by atoms with van der Waals surface area (Å²) in [5, 5.41) is 21.4. The van der Waals surface area contributed by atoms with E-state index in [0.29, 0.717) is 29.6 Å². The molecule has 0 spiro atoms. The number of anilines is 2. The van der Waals surface area contributed by atoms with Crippen molar-refractivity contribution < 1.29 is 32.7 Å². The number of para-hydroxylation sites is 1. The SMILES string of the molecule is CC(C)(O)c1cc2nn(C3CCN(Cc4ccccc4N4CCC(=O)NC4=O)CC3)cc2cc1NC(=O)c1cccc(C(F)(F)F)n1. The molecule has 47 heavy (non-hydrogen) atoms. The molecule has 2 fully saturated rings. The van der Waals surface area contributed by atoms with Crippen molar-refractivity contribution in [3.63, 3.8) is 0 Å². The lowest BCUT2D eigenvalue weighted by atomic mass is 9.95. The standard InChI is InChI=1S/C33H34F3N7O4/c1-32(2,47)23-17-25-21(16-26(23)38-30(45)24-7-5-9-28(37-24)33(34,35)36)19-43(40-25)22-10-13-41(14-11-22)18-20-6-3-4-8-27(20)42-15-12-29(44)39-31(42)46/h3-9,16-17,19,22,47H,10-15,18H2,1-2H3,(H,38,45)(H,39,44,46). The van der Waals surface area contributed by atoms with E-state index < -0.39 is 35.1 Å². The molecule has 2 saturated heterocycles. The van der Waals surface area contributed by atoms with Crippen molar-refractivity contribution in [1.82, 2.24) is 25.0 Å². The van der Waals surface area contributed by atoms with Crippen LogP contribution >= 0.6 is 0 Å². The molecule has 6 rings (SSSR count). The minimum Gasteiger partial charge on any atom is -0.386 e. The summed E-state index contributed by atoms with van der Waals surface area (Å²) < 4.78 is 41.4. The number of halogens is 3. The fourth-order valence-electron chi connectivity index (χ4n) is 6.08. The fraction of sp³-hybridized carbons (Fsp3) is 0.364. The number of urea groups is 1. The Morgan fingerprint density at radius 3 is 2.49 bits per heavy atom. The Morgan fingerprint density at radius 1 is 1.04 bits per heavy atom. The number of alkyl halides is 3. The minimum atomic E-state index is -4.70. The lowest BCUT2D eigenvalue weighted by molar-refractivity contribution is -0.141. The highest BCUT2D eigenvalue weighted by Crippen LogP contribution is 2.34. The number of aliphatic hydroxyl groups is 1. The summed E-state index contributed by atoms with van der Waals surface area (Å²) in [6, 6.07) is 13.8. The molecule has 14 heteroatoms. The van der Waals surface area contributed by atoms with Crippen molar-refractivity contribution in [1.29, 1.82) is 0 Å². The van der Waals surface area contributed by atoms with Gasteiger partial charge in [-0.05, 0) is 62.6 Å². The predicted octanol–water partition coefficient (Wildman–Crippen LogP) is 5.21. The molecule has 0 radical (unpaired) electrons. The van der Waals surface area contributed by atoms with E-state index >= 15 is 0 Å². The number of piperidine rings is 1. The van der Waals surface area contributed by atoms with Gasteiger partial charge in [0, 0.05) is 61.1 Å². The van der Waals surface area contributed by atoms with Crippen LogP contribution in [0.1, 0.15) is 66.5 Å². The topological polar surface area (TPSA) is 133 Å². The summed E-state index contributed by atoms with van der Waals surface area (Å²) >= 11 is 0. The van der Waals surface area contributed by atoms with Gasteiger partial charge in [-0.15, -0.1) is 0 Å². The molecule has 3 N–H and O–H groups in total. The third-order valence-corrected chi connectivity index (χ3v) is 8.50. The lowest BCUT2D eigenvalue weighted by Crippen LogP contribution is -2.50. The summed E-state index contributed by atoms with van der Waals surface area (Å²) in [6.07, 6.45) is -0.970. The molecule has 0 atom stereocenters. The molecule has 0 aliphatic carbocycles. The Bertz CT molecular complexity index is 1840. The summed E-state index contributed by atoms with van der Waals surface area (Å²) in [5.41, 5.74) is 0.0137. The molecule has 0 bridgehead atoms. The number of hydrogen-bond donors (Lipinski definition) is 3. The van der Waals surface area contributed by atoms with E-state index in [2.05, 4.69) is 20.5 Å². The van der Waals surface area contributed by atoms with Crippen molar-refractivity contribution in [3.8, 4) is 0 Å². The van der Waals surface area contributed by atoms with Crippen molar-refractivity contribution in [3.05, 3.63) is 83.3 Å². The molecule has 4 aromatic rings. The molecule has 2 aliphatic rings. The maximum Gasteiger partial charge on any atom is 0.433 e. The summed E-state index contributed by atoms with van der Waals surface area (Å²) in [6.45, 7) is 5.63. The van der Waals surface area contributed by atoms with Gasteiger partial charge >= 0.3 is 12.2 Å². The third kappa shape index (κ3) is 6.98. The van der Waals surface area contributed by atoms with Crippen molar-refractivity contribution in [2.24, 2.45) is 0 Å². The zero-order valence-electron chi connectivity index (χ0n) is 25.8. The molecule has 0 unspecified atom stereocenters. The molecule has 0 saturated carbocycles. The second-order valence-electron chi connectivity index (χ2n) is 12.4. The largest absolute Gasteiger partial charge is 0.433 e. The van der Waals surface area contributed by atoms with Crippen LogP contribution in [0.3, 0.4) is 0 Å². The second kappa shape index (κ2) is 12.4. The van der Waals surface area contributed by atoms with E-state index in [0.717, 1.165) is 49.3 Å². The molecule has 2 aliphatic heterocycles. The van der Waals surface area contributed by atoms with Crippen molar-refractivity contribution in [2.45, 2.75) is 57.5 Å². The maximum absolute atomic E-state index is 13.2. The molecule has 2 aromatic heterocycles. The number of rotatable bonds is 7. The van der Waals surface area contributed by atoms with Gasteiger partial charge in [0.1, 0.15) is 11.4 Å². The monoisotopic (exact) mass is 649 g/mol. The van der Waals surface area contributed by atoms with Gasteiger partial charge in [-0.2, -0.15) is 18.3 Å². The first-order chi connectivity index (χ1) is 22.3. The Hall–Kier alpha value is -4.82. The van der Waals surface area contributed by atoms with E-state index in [1.165, 1.54) is 6.07 Å². The number of carbonyl (C=O) groups is 3. The van der Waals surface area contributed by atoms with E-state index in [1.54, 1.807) is 30.9 Å². The van der Waals surface area contributed by atoms with E-state index in [4.69, 9.17) is 5.10 Å². The molecule has 2 aromatic carbocycles. The number of hydrogen-bond acceptors (Lipinski definition) is 7. The molecular formula is C33H34F3N7O4. The normalized spacial score (nSPS) is 16.9. The van der Waals surface area contributed by atoms with Gasteiger partial charge in [0.05, 0.1) is 17.2 Å². The number of aromatic nitrogens is 3. The highest BCUT2D eigenvalue weighted by Gasteiger charge is 2.33. The third-order valence-electron chi connectivity index (χ3n) is 8.50. The van der Waals surface area contributed by atoms with E-state index in [9.17, 15) is 32.7 Å². The smallest absolute Gasteiger partial charge is 0.386 e. The Morgan fingerprint density at radius 2 is 1.79 bits per heavy atom. The van der Waals surface area contributed by atoms with Crippen LogP contribution in [-0.4, -0.2) is 62.3 Å². The van der Waals surface area contributed by atoms with Gasteiger partial charge in [0.15, 0.2) is 0 Å². The molecule has 246 valence electrons. The summed E-state index contributed by atoms with van der Waals surface area (Å²) in [7, 11) is 0. The number of pyridine rings is 1. The molecule has 4 amide bonds. The highest BCUT2D eigenvalue weighted by molar-refractivity contribution is 6.06. The Balaban J connectivity index is 1.17. The van der Waals surface area contributed by atoms with Gasteiger partial charge in [0.25, 0.3) is 5.91 Å². The van der Waals surface area contributed by atoms with E-state index in [1.807, 2.05) is 35.1 Å². The van der Waals surface area contributed by atoms with Crippen LogP contribution in [0, 0.1) is 0 Å². The molecule has 11 nitrogen and oxygen atoms in total.